The molecule has 32 heavy (non-hydrogen) atoms. The van der Waals surface area contributed by atoms with Gasteiger partial charge in [-0.05, 0) is 43.2 Å². The van der Waals surface area contributed by atoms with Gasteiger partial charge in [0.15, 0.2) is 0 Å². The summed E-state index contributed by atoms with van der Waals surface area (Å²) in [6, 6.07) is 14.8. The number of para-hydroxylation sites is 1. The minimum atomic E-state index is -0.287. The van der Waals surface area contributed by atoms with Crippen molar-refractivity contribution in [1.29, 1.82) is 0 Å². The Hall–Kier alpha value is -2.77. The Morgan fingerprint density at radius 3 is 2.66 bits per heavy atom. The van der Waals surface area contributed by atoms with Gasteiger partial charge in [0.05, 0.1) is 10.6 Å². The molecule has 164 valence electrons. The maximum atomic E-state index is 14.3. The second kappa shape index (κ2) is 9.79. The van der Waals surface area contributed by atoms with E-state index in [1.165, 1.54) is 17.8 Å². The monoisotopic (exact) mass is 465 g/mol. The molecular formula is C25H24FN3OS2. The fourth-order valence-corrected chi connectivity index (χ4v) is 4.82. The number of benzene rings is 2. The Balaban J connectivity index is 1.74. The van der Waals surface area contributed by atoms with Gasteiger partial charge >= 0.3 is 0 Å². The summed E-state index contributed by atoms with van der Waals surface area (Å²) in [5.74, 6) is -0.366. The Bertz CT molecular complexity index is 1190. The molecule has 1 aliphatic heterocycles. The number of rotatable bonds is 7. The van der Waals surface area contributed by atoms with Crippen molar-refractivity contribution in [2.75, 3.05) is 6.54 Å². The van der Waals surface area contributed by atoms with Gasteiger partial charge in [-0.3, -0.25) is 9.69 Å². The lowest BCUT2D eigenvalue weighted by atomic mass is 10.1. The number of carbonyl (C=O) groups is 1. The lowest BCUT2D eigenvalue weighted by Gasteiger charge is -2.13. The van der Waals surface area contributed by atoms with Crippen LogP contribution in [0, 0.1) is 12.7 Å². The first-order valence-electron chi connectivity index (χ1n) is 10.6. The summed E-state index contributed by atoms with van der Waals surface area (Å²) in [6.45, 7) is 4.49. The normalized spacial score (nSPS) is 15.2. The van der Waals surface area contributed by atoms with Crippen LogP contribution in [0.3, 0.4) is 0 Å². The molecule has 7 heteroatoms. The average molecular weight is 466 g/mol. The van der Waals surface area contributed by atoms with E-state index in [4.69, 9.17) is 17.3 Å². The van der Waals surface area contributed by atoms with Gasteiger partial charge in [0.1, 0.15) is 15.8 Å². The number of hydrogen-bond acceptors (Lipinski definition) is 4. The highest BCUT2D eigenvalue weighted by Gasteiger charge is 2.32. The predicted molar refractivity (Wildman–Crippen MR) is 133 cm³/mol. The fraction of sp³-hybridized carbons (Fsp3) is 0.240. The molecule has 0 radical (unpaired) electrons. The molecule has 0 bridgehead atoms. The second-order valence-corrected chi connectivity index (χ2v) is 9.39. The molecule has 0 spiro atoms. The van der Waals surface area contributed by atoms with Crippen LogP contribution in [-0.4, -0.2) is 31.5 Å². The zero-order valence-electron chi connectivity index (χ0n) is 18.0. The first-order chi connectivity index (χ1) is 15.5. The molecule has 0 N–H and O–H groups in total. The van der Waals surface area contributed by atoms with Gasteiger partial charge in [-0.15, -0.1) is 0 Å². The van der Waals surface area contributed by atoms with Crippen LogP contribution in [0.2, 0.25) is 0 Å². The zero-order valence-corrected chi connectivity index (χ0v) is 19.7. The van der Waals surface area contributed by atoms with Crippen LogP contribution < -0.4 is 0 Å². The summed E-state index contributed by atoms with van der Waals surface area (Å²) in [7, 11) is 0. The lowest BCUT2D eigenvalue weighted by Crippen LogP contribution is -2.28. The number of hydrogen-bond donors (Lipinski definition) is 0. The van der Waals surface area contributed by atoms with E-state index in [-0.39, 0.29) is 11.7 Å². The van der Waals surface area contributed by atoms with E-state index in [0.29, 0.717) is 32.6 Å². The zero-order chi connectivity index (χ0) is 22.7. The van der Waals surface area contributed by atoms with Crippen LogP contribution in [-0.2, 0) is 4.79 Å². The van der Waals surface area contributed by atoms with E-state index in [2.05, 4.69) is 6.92 Å². The van der Waals surface area contributed by atoms with Crippen molar-refractivity contribution in [1.82, 2.24) is 14.7 Å². The van der Waals surface area contributed by atoms with Crippen molar-refractivity contribution in [2.24, 2.45) is 0 Å². The van der Waals surface area contributed by atoms with Crippen molar-refractivity contribution in [3.05, 3.63) is 76.6 Å². The minimum absolute atomic E-state index is 0.0791. The molecule has 1 amide bonds. The number of carbonyl (C=O) groups excluding carboxylic acids is 1. The molecule has 1 fully saturated rings. The molecule has 1 aromatic heterocycles. The van der Waals surface area contributed by atoms with Crippen molar-refractivity contribution in [3.8, 4) is 16.9 Å². The summed E-state index contributed by atoms with van der Waals surface area (Å²) >= 11 is 6.76. The third kappa shape index (κ3) is 4.69. The molecule has 0 saturated carbocycles. The van der Waals surface area contributed by atoms with E-state index in [1.807, 2.05) is 48.7 Å². The van der Waals surface area contributed by atoms with E-state index < -0.39 is 0 Å². The number of unbranched alkanes of at least 4 members (excludes halogenated alkanes) is 2. The third-order valence-corrected chi connectivity index (χ3v) is 6.73. The number of aryl methyl sites for hydroxylation is 1. The lowest BCUT2D eigenvalue weighted by molar-refractivity contribution is -0.122. The van der Waals surface area contributed by atoms with Gasteiger partial charge in [-0.2, -0.15) is 5.10 Å². The Labute approximate surface area is 197 Å². The van der Waals surface area contributed by atoms with Crippen LogP contribution in [0.25, 0.3) is 23.0 Å². The van der Waals surface area contributed by atoms with Crippen molar-refractivity contribution >= 4 is 40.3 Å². The van der Waals surface area contributed by atoms with Gasteiger partial charge < -0.3 is 0 Å². The molecular weight excluding hydrogens is 441 g/mol. The van der Waals surface area contributed by atoms with Crippen molar-refractivity contribution in [2.45, 2.75) is 33.1 Å². The molecule has 4 rings (SSSR count). The largest absolute Gasteiger partial charge is 0.293 e. The summed E-state index contributed by atoms with van der Waals surface area (Å²) in [4.78, 5) is 15.2. The molecule has 1 aliphatic rings. The Kier molecular flexibility index (Phi) is 6.86. The summed E-state index contributed by atoms with van der Waals surface area (Å²) in [5, 5.41) is 4.73. The van der Waals surface area contributed by atoms with Gasteiger partial charge in [0.2, 0.25) is 0 Å². The highest BCUT2D eigenvalue weighted by Crippen LogP contribution is 2.35. The highest BCUT2D eigenvalue weighted by atomic mass is 32.2. The van der Waals surface area contributed by atoms with Crippen LogP contribution in [0.5, 0.6) is 0 Å². The van der Waals surface area contributed by atoms with Crippen molar-refractivity contribution < 1.29 is 9.18 Å². The topological polar surface area (TPSA) is 38.1 Å². The van der Waals surface area contributed by atoms with Gasteiger partial charge in [-0.25, -0.2) is 9.07 Å². The van der Waals surface area contributed by atoms with E-state index in [9.17, 15) is 9.18 Å². The Morgan fingerprint density at radius 1 is 1.16 bits per heavy atom. The van der Waals surface area contributed by atoms with Crippen LogP contribution in [0.4, 0.5) is 4.39 Å². The van der Waals surface area contributed by atoms with Crippen LogP contribution in [0.15, 0.2) is 59.6 Å². The smallest absolute Gasteiger partial charge is 0.266 e. The number of amides is 1. The maximum absolute atomic E-state index is 14.3. The van der Waals surface area contributed by atoms with Crippen LogP contribution >= 0.6 is 24.0 Å². The standard InChI is InChI=1S/C25H24FN3OS2/c1-3-4-8-13-28-24(30)22(32-25(28)31)15-19-16-29(20-9-6-5-7-10-20)27-23(19)18-12-11-17(2)21(26)14-18/h5-7,9-12,14-16H,3-4,8,13H2,1-2H3/b22-15-. The molecule has 3 aromatic rings. The first kappa shape index (κ1) is 22.4. The average Bonchev–Trinajstić information content (AvgIpc) is 3.33. The predicted octanol–water partition coefficient (Wildman–Crippen LogP) is 6.38. The van der Waals surface area contributed by atoms with Gasteiger partial charge in [0, 0.05) is 23.9 Å². The van der Waals surface area contributed by atoms with Crippen molar-refractivity contribution in [3.63, 3.8) is 0 Å². The third-order valence-electron chi connectivity index (χ3n) is 5.35. The van der Waals surface area contributed by atoms with Gasteiger partial charge in [0.25, 0.3) is 5.91 Å². The number of nitrogens with zero attached hydrogens (tertiary/aromatic N) is 3. The fourth-order valence-electron chi connectivity index (χ4n) is 3.52. The molecule has 4 nitrogen and oxygen atoms in total. The number of halogens is 1. The number of thiocarbonyl (C=S) groups is 1. The van der Waals surface area contributed by atoms with E-state index in [0.717, 1.165) is 30.5 Å². The number of aromatic nitrogens is 2. The minimum Gasteiger partial charge on any atom is -0.293 e. The van der Waals surface area contributed by atoms with E-state index in [1.54, 1.807) is 22.6 Å². The van der Waals surface area contributed by atoms with Crippen LogP contribution in [0.1, 0.15) is 37.3 Å². The quantitative estimate of drug-likeness (QED) is 0.231. The number of thioether (sulfide) groups is 1. The highest BCUT2D eigenvalue weighted by molar-refractivity contribution is 8.26. The first-order valence-corrected chi connectivity index (χ1v) is 11.9. The molecule has 0 atom stereocenters. The second-order valence-electron chi connectivity index (χ2n) is 7.72. The maximum Gasteiger partial charge on any atom is 0.266 e. The molecule has 2 aromatic carbocycles. The molecule has 2 heterocycles. The SMILES string of the molecule is CCCCCN1C(=O)/C(=C/c2cn(-c3ccccc3)nc2-c2ccc(C)c(F)c2)SC1=S. The van der Waals surface area contributed by atoms with Gasteiger partial charge in [-0.1, -0.05) is 74.1 Å². The summed E-state index contributed by atoms with van der Waals surface area (Å²) < 4.78 is 16.6. The Morgan fingerprint density at radius 2 is 1.94 bits per heavy atom. The molecule has 1 saturated heterocycles. The van der Waals surface area contributed by atoms with E-state index >= 15 is 0 Å². The summed E-state index contributed by atoms with van der Waals surface area (Å²) in [5.41, 5.74) is 3.47. The molecule has 0 unspecified atom stereocenters. The summed E-state index contributed by atoms with van der Waals surface area (Å²) in [6.07, 6.45) is 6.75. The molecule has 0 aliphatic carbocycles.